The number of carboxylic acid groups (broad SMARTS) is 1. The summed E-state index contributed by atoms with van der Waals surface area (Å²) in [5, 5.41) is 13.4. The molecule has 1 saturated carbocycles. The Balaban J connectivity index is 1.94. The molecule has 0 unspecified atom stereocenters. The molecule has 7 heteroatoms. The molecule has 0 radical (unpaired) electrons. The van der Waals surface area contributed by atoms with Crippen LogP contribution in [0.5, 0.6) is 0 Å². The summed E-state index contributed by atoms with van der Waals surface area (Å²) in [6.07, 6.45) is 1.35. The van der Waals surface area contributed by atoms with Crippen molar-refractivity contribution in [3.05, 3.63) is 29.8 Å². The van der Waals surface area contributed by atoms with E-state index >= 15 is 0 Å². The standard InChI is InChI=1S/C13H15N3O4/c14-13(5-6-13)12(20)16-9-3-1-8(2-4-9)11(19)15-7-10(17)18/h1-4H,5-7,14H2,(H,15,19)(H,16,20)(H,17,18). The molecule has 0 spiro atoms. The summed E-state index contributed by atoms with van der Waals surface area (Å²) in [6, 6.07) is 6.14. The minimum absolute atomic E-state index is 0.236. The van der Waals surface area contributed by atoms with Crippen molar-refractivity contribution in [3.63, 3.8) is 0 Å². The minimum atomic E-state index is -1.11. The van der Waals surface area contributed by atoms with Crippen LogP contribution >= 0.6 is 0 Å². The molecule has 2 rings (SSSR count). The van der Waals surface area contributed by atoms with Crippen LogP contribution in [0.2, 0.25) is 0 Å². The first-order valence-electron chi connectivity index (χ1n) is 6.11. The van der Waals surface area contributed by atoms with E-state index in [2.05, 4.69) is 10.6 Å². The quantitative estimate of drug-likeness (QED) is 0.600. The fourth-order valence-corrected chi connectivity index (χ4v) is 1.58. The average molecular weight is 277 g/mol. The highest BCUT2D eigenvalue weighted by atomic mass is 16.4. The highest BCUT2D eigenvalue weighted by Gasteiger charge is 2.45. The Kier molecular flexibility index (Phi) is 3.71. The molecule has 0 bridgehead atoms. The summed E-state index contributed by atoms with van der Waals surface area (Å²) in [5.41, 5.74) is 5.86. The smallest absolute Gasteiger partial charge is 0.322 e. The first kappa shape index (κ1) is 14.0. The lowest BCUT2D eigenvalue weighted by Gasteiger charge is -2.10. The average Bonchev–Trinajstić information content (AvgIpc) is 3.16. The first-order chi connectivity index (χ1) is 9.40. The summed E-state index contributed by atoms with van der Waals surface area (Å²) in [6.45, 7) is -0.437. The zero-order chi connectivity index (χ0) is 14.8. The molecule has 0 atom stereocenters. The van der Waals surface area contributed by atoms with Crippen LogP contribution in [-0.4, -0.2) is 35.0 Å². The van der Waals surface area contributed by atoms with Gasteiger partial charge in [-0.2, -0.15) is 0 Å². The molecular formula is C13H15N3O4. The van der Waals surface area contributed by atoms with Crippen LogP contribution in [-0.2, 0) is 9.59 Å². The van der Waals surface area contributed by atoms with Crippen molar-refractivity contribution < 1.29 is 19.5 Å². The normalized spacial score (nSPS) is 15.2. The molecule has 1 aliphatic rings. The van der Waals surface area contributed by atoms with Crippen molar-refractivity contribution in [2.45, 2.75) is 18.4 Å². The fraction of sp³-hybridized carbons (Fsp3) is 0.308. The number of benzene rings is 1. The van der Waals surface area contributed by atoms with Gasteiger partial charge in [-0.25, -0.2) is 0 Å². The molecule has 7 nitrogen and oxygen atoms in total. The summed E-state index contributed by atoms with van der Waals surface area (Å²) < 4.78 is 0. The van der Waals surface area contributed by atoms with Crippen molar-refractivity contribution in [1.82, 2.24) is 5.32 Å². The van der Waals surface area contributed by atoms with Gasteiger partial charge in [-0.1, -0.05) is 0 Å². The monoisotopic (exact) mass is 277 g/mol. The number of carbonyl (C=O) groups excluding carboxylic acids is 2. The van der Waals surface area contributed by atoms with Crippen molar-refractivity contribution >= 4 is 23.5 Å². The van der Waals surface area contributed by atoms with E-state index in [1.807, 2.05) is 0 Å². The van der Waals surface area contributed by atoms with Crippen molar-refractivity contribution in [2.75, 3.05) is 11.9 Å². The van der Waals surface area contributed by atoms with Gasteiger partial charge in [0, 0.05) is 11.3 Å². The van der Waals surface area contributed by atoms with Gasteiger partial charge in [0.15, 0.2) is 0 Å². The van der Waals surface area contributed by atoms with Crippen molar-refractivity contribution in [1.29, 1.82) is 0 Å². The van der Waals surface area contributed by atoms with Gasteiger partial charge < -0.3 is 21.5 Å². The highest BCUT2D eigenvalue weighted by Crippen LogP contribution is 2.33. The number of aliphatic carboxylic acids is 1. The number of hydrogen-bond donors (Lipinski definition) is 4. The number of nitrogens with one attached hydrogen (secondary N) is 2. The Bertz CT molecular complexity index is 549. The molecule has 0 saturated heterocycles. The van der Waals surface area contributed by atoms with Crippen LogP contribution in [0.4, 0.5) is 5.69 Å². The van der Waals surface area contributed by atoms with Crippen molar-refractivity contribution in [3.8, 4) is 0 Å². The molecule has 20 heavy (non-hydrogen) atoms. The Hall–Kier alpha value is -2.41. The lowest BCUT2D eigenvalue weighted by Crippen LogP contribution is -2.37. The molecule has 0 heterocycles. The van der Waals surface area contributed by atoms with Gasteiger partial charge >= 0.3 is 5.97 Å². The second-order valence-electron chi connectivity index (χ2n) is 4.76. The van der Waals surface area contributed by atoms with Gasteiger partial charge in [0.2, 0.25) is 5.91 Å². The Morgan fingerprint density at radius 2 is 1.80 bits per heavy atom. The van der Waals surface area contributed by atoms with E-state index in [0.717, 1.165) is 0 Å². The lowest BCUT2D eigenvalue weighted by atomic mass is 10.2. The van der Waals surface area contributed by atoms with Crippen LogP contribution in [0.1, 0.15) is 23.2 Å². The SMILES string of the molecule is NC1(C(=O)Nc2ccc(C(=O)NCC(=O)O)cc2)CC1. The second kappa shape index (κ2) is 5.30. The van der Waals surface area contributed by atoms with Crippen LogP contribution < -0.4 is 16.4 Å². The maximum atomic E-state index is 11.7. The molecule has 0 aliphatic heterocycles. The Labute approximate surface area is 115 Å². The fourth-order valence-electron chi connectivity index (χ4n) is 1.58. The predicted molar refractivity (Wildman–Crippen MR) is 71.2 cm³/mol. The van der Waals surface area contributed by atoms with E-state index in [1.54, 1.807) is 12.1 Å². The van der Waals surface area contributed by atoms with E-state index in [-0.39, 0.29) is 5.91 Å². The summed E-state index contributed by atoms with van der Waals surface area (Å²) in [5.74, 6) is -1.83. The molecular weight excluding hydrogens is 262 g/mol. The van der Waals surface area contributed by atoms with E-state index in [4.69, 9.17) is 10.8 Å². The lowest BCUT2D eigenvalue weighted by molar-refractivity contribution is -0.135. The number of amides is 2. The zero-order valence-electron chi connectivity index (χ0n) is 10.7. The molecule has 1 aromatic carbocycles. The maximum Gasteiger partial charge on any atom is 0.322 e. The Morgan fingerprint density at radius 1 is 1.20 bits per heavy atom. The largest absolute Gasteiger partial charge is 0.480 e. The van der Waals surface area contributed by atoms with E-state index in [9.17, 15) is 14.4 Å². The number of rotatable bonds is 5. The van der Waals surface area contributed by atoms with Gasteiger partial charge in [0.25, 0.3) is 5.91 Å². The number of carboxylic acids is 1. The molecule has 106 valence electrons. The molecule has 5 N–H and O–H groups in total. The topological polar surface area (TPSA) is 122 Å². The number of anilines is 1. The third-order valence-corrected chi connectivity index (χ3v) is 3.05. The second-order valence-corrected chi connectivity index (χ2v) is 4.76. The third-order valence-electron chi connectivity index (χ3n) is 3.05. The summed E-state index contributed by atoms with van der Waals surface area (Å²) >= 11 is 0. The van der Waals surface area contributed by atoms with Gasteiger partial charge in [-0.3, -0.25) is 14.4 Å². The zero-order valence-corrected chi connectivity index (χ0v) is 10.7. The van der Waals surface area contributed by atoms with Gasteiger partial charge in [-0.15, -0.1) is 0 Å². The number of carbonyl (C=O) groups is 3. The summed E-state index contributed by atoms with van der Waals surface area (Å²) in [7, 11) is 0. The van der Waals surface area contributed by atoms with Crippen LogP contribution in [0.3, 0.4) is 0 Å². The highest BCUT2D eigenvalue weighted by molar-refractivity contribution is 6.01. The predicted octanol–water partition coefficient (Wildman–Crippen LogP) is -0.0692. The van der Waals surface area contributed by atoms with E-state index in [1.165, 1.54) is 12.1 Å². The molecule has 0 aromatic heterocycles. The number of nitrogens with two attached hydrogens (primary N) is 1. The van der Waals surface area contributed by atoms with Crippen LogP contribution in [0.25, 0.3) is 0 Å². The first-order valence-corrected chi connectivity index (χ1v) is 6.11. The van der Waals surface area contributed by atoms with Gasteiger partial charge in [-0.05, 0) is 37.1 Å². The van der Waals surface area contributed by atoms with E-state index < -0.39 is 24.0 Å². The Morgan fingerprint density at radius 3 is 2.30 bits per heavy atom. The molecule has 1 aliphatic carbocycles. The molecule has 2 amide bonds. The summed E-state index contributed by atoms with van der Waals surface area (Å²) in [4.78, 5) is 33.6. The number of hydrogen-bond acceptors (Lipinski definition) is 4. The van der Waals surface area contributed by atoms with Gasteiger partial charge in [0.1, 0.15) is 6.54 Å². The van der Waals surface area contributed by atoms with Crippen molar-refractivity contribution in [2.24, 2.45) is 5.73 Å². The van der Waals surface area contributed by atoms with Crippen LogP contribution in [0.15, 0.2) is 24.3 Å². The van der Waals surface area contributed by atoms with E-state index in [0.29, 0.717) is 24.1 Å². The third kappa shape index (κ3) is 3.33. The minimum Gasteiger partial charge on any atom is -0.480 e. The van der Waals surface area contributed by atoms with Crippen LogP contribution in [0, 0.1) is 0 Å². The molecule has 1 aromatic rings. The maximum absolute atomic E-state index is 11.7. The van der Waals surface area contributed by atoms with Gasteiger partial charge in [0.05, 0.1) is 5.54 Å². The molecule has 1 fully saturated rings.